The van der Waals surface area contributed by atoms with Gasteiger partial charge < -0.3 is 15.3 Å². The second kappa shape index (κ2) is 8.27. The molecule has 1 fully saturated rings. The second-order valence-corrected chi connectivity index (χ2v) is 10.9. The molecule has 9 heteroatoms. The second-order valence-electron chi connectivity index (χ2n) is 10.9. The van der Waals surface area contributed by atoms with Crippen molar-refractivity contribution in [2.24, 2.45) is 7.05 Å². The van der Waals surface area contributed by atoms with Gasteiger partial charge in [-0.1, -0.05) is 17.3 Å². The van der Waals surface area contributed by atoms with Crippen molar-refractivity contribution in [3.63, 3.8) is 0 Å². The van der Waals surface area contributed by atoms with Gasteiger partial charge in [0.25, 0.3) is 0 Å². The van der Waals surface area contributed by atoms with Gasteiger partial charge in [0.05, 0.1) is 11.7 Å². The van der Waals surface area contributed by atoms with Gasteiger partial charge in [-0.3, -0.25) is 0 Å². The molecule has 0 spiro atoms. The summed E-state index contributed by atoms with van der Waals surface area (Å²) in [4.78, 5) is 6.70. The third-order valence-corrected chi connectivity index (χ3v) is 6.80. The molecule has 182 valence electrons. The fourth-order valence-corrected chi connectivity index (χ4v) is 5.41. The SMILES string of the molecule is CN(c1ncc(-c2ccc(-c3ccc4c(c3)nnn4C)cc2O)nn1)C1CC(C)(C)NC(C)(C)C1. The van der Waals surface area contributed by atoms with Crippen molar-refractivity contribution in [2.75, 3.05) is 11.9 Å². The van der Waals surface area contributed by atoms with E-state index in [9.17, 15) is 5.11 Å². The van der Waals surface area contributed by atoms with Crippen LogP contribution in [-0.2, 0) is 7.05 Å². The summed E-state index contributed by atoms with van der Waals surface area (Å²) < 4.78 is 1.74. The molecular weight excluding hydrogens is 440 g/mol. The van der Waals surface area contributed by atoms with Crippen LogP contribution in [0.3, 0.4) is 0 Å². The van der Waals surface area contributed by atoms with Crippen molar-refractivity contribution in [3.8, 4) is 28.1 Å². The van der Waals surface area contributed by atoms with Crippen LogP contribution in [0.15, 0.2) is 42.6 Å². The predicted octanol–water partition coefficient (Wildman–Crippen LogP) is 3.94. The third kappa shape index (κ3) is 4.55. The molecule has 9 nitrogen and oxygen atoms in total. The van der Waals surface area contributed by atoms with E-state index in [1.165, 1.54) is 0 Å². The van der Waals surface area contributed by atoms with Gasteiger partial charge in [-0.15, -0.1) is 15.3 Å². The van der Waals surface area contributed by atoms with E-state index in [4.69, 9.17) is 0 Å². The van der Waals surface area contributed by atoms with Crippen LogP contribution in [0.2, 0.25) is 0 Å². The Balaban J connectivity index is 1.37. The number of phenolic OH excluding ortho intramolecular Hbond substituents is 1. The van der Waals surface area contributed by atoms with Crippen LogP contribution >= 0.6 is 0 Å². The summed E-state index contributed by atoms with van der Waals surface area (Å²) in [7, 11) is 3.89. The van der Waals surface area contributed by atoms with Crippen LogP contribution in [0.1, 0.15) is 40.5 Å². The molecule has 2 aromatic heterocycles. The lowest BCUT2D eigenvalue weighted by Gasteiger charge is -2.48. The van der Waals surface area contributed by atoms with Crippen LogP contribution in [0, 0.1) is 0 Å². The standard InChI is InChI=1S/C26H32N8O/c1-25(2)13-18(14-26(3,4)31-25)33(5)24-27-15-21(28-30-24)19-9-7-17(12-23(19)35)16-8-10-22-20(11-16)29-32-34(22)6/h7-12,15,18,31,35H,13-14H2,1-6H3. The van der Waals surface area contributed by atoms with E-state index < -0.39 is 0 Å². The maximum absolute atomic E-state index is 10.8. The Hall–Kier alpha value is -3.59. The number of piperidine rings is 1. The molecule has 1 aliphatic heterocycles. The zero-order chi connectivity index (χ0) is 25.0. The maximum Gasteiger partial charge on any atom is 0.245 e. The van der Waals surface area contributed by atoms with Gasteiger partial charge in [0.1, 0.15) is 17.0 Å². The van der Waals surface area contributed by atoms with Crippen LogP contribution in [0.4, 0.5) is 5.95 Å². The Morgan fingerprint density at radius 3 is 2.31 bits per heavy atom. The van der Waals surface area contributed by atoms with E-state index in [2.05, 4.69) is 63.4 Å². The van der Waals surface area contributed by atoms with Gasteiger partial charge in [-0.05, 0) is 75.9 Å². The average molecular weight is 473 g/mol. The van der Waals surface area contributed by atoms with E-state index in [1.807, 2.05) is 44.4 Å². The van der Waals surface area contributed by atoms with E-state index in [0.29, 0.717) is 23.2 Å². The molecule has 2 aromatic carbocycles. The maximum atomic E-state index is 10.8. The first kappa shape index (κ1) is 23.2. The largest absolute Gasteiger partial charge is 0.507 e. The van der Waals surface area contributed by atoms with Gasteiger partial charge in [0.15, 0.2) is 0 Å². The summed E-state index contributed by atoms with van der Waals surface area (Å²) in [6, 6.07) is 11.8. The third-order valence-electron chi connectivity index (χ3n) is 6.80. The number of nitrogens with zero attached hydrogens (tertiary/aromatic N) is 7. The van der Waals surface area contributed by atoms with Crippen LogP contribution in [-0.4, -0.2) is 59.4 Å². The number of rotatable bonds is 4. The van der Waals surface area contributed by atoms with E-state index >= 15 is 0 Å². The van der Waals surface area contributed by atoms with Crippen LogP contribution in [0.5, 0.6) is 5.75 Å². The van der Waals surface area contributed by atoms with Crippen molar-refractivity contribution >= 4 is 17.0 Å². The fourth-order valence-electron chi connectivity index (χ4n) is 5.41. The van der Waals surface area contributed by atoms with Gasteiger partial charge in [-0.25, -0.2) is 9.67 Å². The number of hydrogen-bond donors (Lipinski definition) is 2. The molecule has 35 heavy (non-hydrogen) atoms. The number of aromatic nitrogens is 6. The van der Waals surface area contributed by atoms with Crippen LogP contribution < -0.4 is 10.2 Å². The molecule has 0 amide bonds. The zero-order valence-corrected chi connectivity index (χ0v) is 21.1. The lowest BCUT2D eigenvalue weighted by molar-refractivity contribution is 0.160. The quantitative estimate of drug-likeness (QED) is 0.460. The summed E-state index contributed by atoms with van der Waals surface area (Å²) >= 11 is 0. The predicted molar refractivity (Wildman–Crippen MR) is 137 cm³/mol. The molecule has 3 heterocycles. The highest BCUT2D eigenvalue weighted by Gasteiger charge is 2.39. The lowest BCUT2D eigenvalue weighted by Crippen LogP contribution is -2.62. The number of nitrogens with one attached hydrogen (secondary N) is 1. The van der Waals surface area contributed by atoms with Crippen molar-refractivity contribution in [2.45, 2.75) is 57.7 Å². The van der Waals surface area contributed by atoms with Crippen molar-refractivity contribution in [3.05, 3.63) is 42.6 Å². The normalized spacial score (nSPS) is 17.5. The number of hydrogen-bond acceptors (Lipinski definition) is 8. The van der Waals surface area contributed by atoms with Gasteiger partial charge >= 0.3 is 0 Å². The number of benzene rings is 2. The lowest BCUT2D eigenvalue weighted by atomic mass is 9.79. The van der Waals surface area contributed by atoms with Crippen molar-refractivity contribution in [1.29, 1.82) is 0 Å². The Morgan fingerprint density at radius 1 is 0.971 bits per heavy atom. The highest BCUT2D eigenvalue weighted by Crippen LogP contribution is 2.34. The first-order chi connectivity index (χ1) is 16.5. The average Bonchev–Trinajstić information content (AvgIpc) is 3.17. The molecule has 4 aromatic rings. The minimum absolute atomic E-state index is 0.0270. The molecule has 1 aliphatic rings. The number of aromatic hydroxyl groups is 1. The molecule has 0 unspecified atom stereocenters. The summed E-state index contributed by atoms with van der Waals surface area (Å²) in [6.45, 7) is 8.92. The highest BCUT2D eigenvalue weighted by atomic mass is 16.3. The van der Waals surface area contributed by atoms with Crippen molar-refractivity contribution < 1.29 is 5.11 Å². The smallest absolute Gasteiger partial charge is 0.245 e. The summed E-state index contributed by atoms with van der Waals surface area (Å²) in [5.74, 6) is 0.710. The number of fused-ring (bicyclic) bond motifs is 1. The molecule has 0 atom stereocenters. The molecule has 1 saturated heterocycles. The van der Waals surface area contributed by atoms with Crippen LogP contribution in [0.25, 0.3) is 33.4 Å². The van der Waals surface area contributed by atoms with E-state index in [-0.39, 0.29) is 16.8 Å². The minimum atomic E-state index is 0.0270. The first-order valence-electron chi connectivity index (χ1n) is 11.9. The van der Waals surface area contributed by atoms with E-state index in [0.717, 1.165) is 35.0 Å². The van der Waals surface area contributed by atoms with E-state index in [1.54, 1.807) is 16.9 Å². The Morgan fingerprint density at radius 2 is 1.66 bits per heavy atom. The molecular formula is C26H32N8O. The summed E-state index contributed by atoms with van der Waals surface area (Å²) in [6.07, 6.45) is 3.65. The Kier molecular flexibility index (Phi) is 5.47. The molecule has 0 bridgehead atoms. The van der Waals surface area contributed by atoms with Crippen molar-refractivity contribution in [1.82, 2.24) is 35.5 Å². The number of aryl methyl sites for hydroxylation is 1. The molecule has 0 saturated carbocycles. The summed E-state index contributed by atoms with van der Waals surface area (Å²) in [5.41, 5.74) is 4.77. The molecule has 0 aliphatic carbocycles. The molecule has 2 N–H and O–H groups in total. The first-order valence-corrected chi connectivity index (χ1v) is 11.9. The topological polar surface area (TPSA) is 105 Å². The fraction of sp³-hybridized carbons (Fsp3) is 0.423. The minimum Gasteiger partial charge on any atom is -0.507 e. The summed E-state index contributed by atoms with van der Waals surface area (Å²) in [5, 5.41) is 31.5. The number of phenols is 1. The van der Waals surface area contributed by atoms with Gasteiger partial charge in [0.2, 0.25) is 5.95 Å². The molecule has 5 rings (SSSR count). The van der Waals surface area contributed by atoms with Gasteiger partial charge in [0, 0.05) is 36.8 Å². The zero-order valence-electron chi connectivity index (χ0n) is 21.1. The highest BCUT2D eigenvalue weighted by molar-refractivity contribution is 5.83. The Bertz CT molecular complexity index is 1360. The monoisotopic (exact) mass is 472 g/mol. The van der Waals surface area contributed by atoms with Gasteiger partial charge in [-0.2, -0.15) is 0 Å². The molecule has 0 radical (unpaired) electrons. The number of anilines is 1. The Labute approximate surface area is 205 Å².